The minimum Gasteiger partial charge on any atom is -0.384 e. The van der Waals surface area contributed by atoms with E-state index in [2.05, 4.69) is 22.3 Å². The van der Waals surface area contributed by atoms with Crippen LogP contribution in [0.2, 0.25) is 0 Å². The van der Waals surface area contributed by atoms with Crippen LogP contribution in [0.4, 0.5) is 0 Å². The van der Waals surface area contributed by atoms with E-state index in [4.69, 9.17) is 0 Å². The highest BCUT2D eigenvalue weighted by molar-refractivity contribution is 7.08. The van der Waals surface area contributed by atoms with E-state index in [1.165, 1.54) is 5.56 Å². The van der Waals surface area contributed by atoms with Crippen LogP contribution in [0.5, 0.6) is 0 Å². The topological polar surface area (TPSA) is 52.6 Å². The average molecular weight is 344 g/mol. The number of aliphatic hydroxyl groups is 1. The van der Waals surface area contributed by atoms with Gasteiger partial charge < -0.3 is 10.4 Å². The maximum Gasteiger partial charge on any atom is 0.237 e. The van der Waals surface area contributed by atoms with Gasteiger partial charge in [-0.05, 0) is 54.3 Å². The largest absolute Gasteiger partial charge is 0.384 e. The lowest BCUT2D eigenvalue weighted by atomic mass is 9.99. The van der Waals surface area contributed by atoms with Gasteiger partial charge in [-0.3, -0.25) is 9.69 Å². The predicted octanol–water partition coefficient (Wildman–Crippen LogP) is 2.74. The van der Waals surface area contributed by atoms with E-state index in [-0.39, 0.29) is 18.5 Å². The molecule has 1 aromatic carbocycles. The molecule has 1 aliphatic rings. The SMILES string of the molecule is CC(O)(CNC(=O)C1CCCN1Cc1ccccc1)c1ccsc1. The van der Waals surface area contributed by atoms with Crippen LogP contribution in [0.15, 0.2) is 47.2 Å². The molecule has 0 spiro atoms. The van der Waals surface area contributed by atoms with Crippen molar-refractivity contribution >= 4 is 17.2 Å². The summed E-state index contributed by atoms with van der Waals surface area (Å²) in [6.45, 7) is 3.71. The smallest absolute Gasteiger partial charge is 0.237 e. The second-order valence-corrected chi connectivity index (χ2v) is 7.40. The molecule has 1 amide bonds. The summed E-state index contributed by atoms with van der Waals surface area (Å²) in [6.07, 6.45) is 1.91. The van der Waals surface area contributed by atoms with Gasteiger partial charge >= 0.3 is 0 Å². The average Bonchev–Trinajstić information content (AvgIpc) is 3.26. The maximum absolute atomic E-state index is 12.6. The maximum atomic E-state index is 12.6. The molecule has 0 bridgehead atoms. The van der Waals surface area contributed by atoms with Gasteiger partial charge in [0.25, 0.3) is 0 Å². The monoisotopic (exact) mass is 344 g/mol. The first-order valence-corrected chi connectivity index (χ1v) is 9.31. The molecule has 0 saturated carbocycles. The van der Waals surface area contributed by atoms with Gasteiger partial charge in [-0.25, -0.2) is 0 Å². The molecule has 128 valence electrons. The van der Waals surface area contributed by atoms with Gasteiger partial charge in [0.15, 0.2) is 0 Å². The fraction of sp³-hybridized carbons (Fsp3) is 0.421. The van der Waals surface area contributed by atoms with Gasteiger partial charge in [0.05, 0.1) is 12.6 Å². The molecule has 2 aromatic rings. The summed E-state index contributed by atoms with van der Waals surface area (Å²) >= 11 is 1.55. The number of benzene rings is 1. The molecule has 24 heavy (non-hydrogen) atoms. The van der Waals surface area contributed by atoms with Crippen molar-refractivity contribution in [2.45, 2.75) is 38.0 Å². The summed E-state index contributed by atoms with van der Waals surface area (Å²) in [5.74, 6) is 0.0129. The molecule has 5 heteroatoms. The van der Waals surface area contributed by atoms with Crippen molar-refractivity contribution in [3.8, 4) is 0 Å². The minimum atomic E-state index is -1.03. The number of nitrogens with zero attached hydrogens (tertiary/aromatic N) is 1. The molecule has 4 nitrogen and oxygen atoms in total. The van der Waals surface area contributed by atoms with Gasteiger partial charge in [0.1, 0.15) is 5.60 Å². The molecule has 1 saturated heterocycles. The lowest BCUT2D eigenvalue weighted by Crippen LogP contribution is -2.47. The Morgan fingerprint density at radius 1 is 1.38 bits per heavy atom. The van der Waals surface area contributed by atoms with Crippen LogP contribution in [-0.4, -0.2) is 35.0 Å². The molecule has 1 fully saturated rings. The second kappa shape index (κ2) is 7.47. The number of likely N-dealkylation sites (tertiary alicyclic amines) is 1. The number of rotatable bonds is 6. The molecule has 2 heterocycles. The third-order valence-electron chi connectivity index (χ3n) is 4.64. The van der Waals surface area contributed by atoms with Crippen molar-refractivity contribution in [3.63, 3.8) is 0 Å². The predicted molar refractivity (Wildman–Crippen MR) is 96.8 cm³/mol. The van der Waals surface area contributed by atoms with Crippen molar-refractivity contribution < 1.29 is 9.90 Å². The van der Waals surface area contributed by atoms with Crippen LogP contribution in [-0.2, 0) is 16.9 Å². The normalized spacial score (nSPS) is 20.7. The lowest BCUT2D eigenvalue weighted by Gasteiger charge is -2.27. The molecule has 2 atom stereocenters. The molecule has 2 unspecified atom stereocenters. The van der Waals surface area contributed by atoms with Gasteiger partial charge in [-0.15, -0.1) is 0 Å². The van der Waals surface area contributed by atoms with Crippen LogP contribution in [0, 0.1) is 0 Å². The Kier molecular flexibility index (Phi) is 5.33. The van der Waals surface area contributed by atoms with Crippen molar-refractivity contribution in [1.29, 1.82) is 0 Å². The summed E-state index contributed by atoms with van der Waals surface area (Å²) < 4.78 is 0. The Morgan fingerprint density at radius 2 is 2.17 bits per heavy atom. The molecular formula is C19H24N2O2S. The van der Waals surface area contributed by atoms with Crippen LogP contribution in [0.3, 0.4) is 0 Å². The van der Waals surface area contributed by atoms with E-state index in [1.807, 2.05) is 35.0 Å². The first kappa shape index (κ1) is 17.1. The number of hydrogen-bond acceptors (Lipinski definition) is 4. The van der Waals surface area contributed by atoms with Crippen molar-refractivity contribution in [2.24, 2.45) is 0 Å². The van der Waals surface area contributed by atoms with E-state index < -0.39 is 5.60 Å². The van der Waals surface area contributed by atoms with Crippen LogP contribution < -0.4 is 5.32 Å². The van der Waals surface area contributed by atoms with Crippen LogP contribution in [0.25, 0.3) is 0 Å². The second-order valence-electron chi connectivity index (χ2n) is 6.62. The summed E-state index contributed by atoms with van der Waals surface area (Å²) in [4.78, 5) is 14.8. The Balaban J connectivity index is 1.58. The Bertz CT molecular complexity index is 655. The van der Waals surface area contributed by atoms with E-state index >= 15 is 0 Å². The highest BCUT2D eigenvalue weighted by Gasteiger charge is 2.32. The van der Waals surface area contributed by atoms with Gasteiger partial charge in [0, 0.05) is 6.54 Å². The number of carbonyl (C=O) groups excluding carboxylic acids is 1. The van der Waals surface area contributed by atoms with Crippen molar-refractivity contribution in [3.05, 3.63) is 58.3 Å². The first-order chi connectivity index (χ1) is 11.6. The Labute approximate surface area is 147 Å². The van der Waals surface area contributed by atoms with Gasteiger partial charge in [-0.1, -0.05) is 30.3 Å². The fourth-order valence-corrected chi connectivity index (χ4v) is 3.96. The molecule has 0 radical (unpaired) electrons. The zero-order valence-corrected chi connectivity index (χ0v) is 14.8. The summed E-state index contributed by atoms with van der Waals surface area (Å²) in [7, 11) is 0. The van der Waals surface area contributed by atoms with Crippen molar-refractivity contribution in [2.75, 3.05) is 13.1 Å². The van der Waals surface area contributed by atoms with Crippen LogP contribution in [0.1, 0.15) is 30.9 Å². The Morgan fingerprint density at radius 3 is 2.88 bits per heavy atom. The number of thiophene rings is 1. The van der Waals surface area contributed by atoms with Crippen LogP contribution >= 0.6 is 11.3 Å². The van der Waals surface area contributed by atoms with E-state index in [1.54, 1.807) is 18.3 Å². The standard InChI is InChI=1S/C19H24N2O2S/c1-19(23,16-9-11-24-13-16)14-20-18(22)17-8-5-10-21(17)12-15-6-3-2-4-7-15/h2-4,6-7,9,11,13,17,23H,5,8,10,12,14H2,1H3,(H,20,22). The Hall–Kier alpha value is -1.69. The molecule has 0 aliphatic carbocycles. The van der Waals surface area contributed by atoms with Crippen molar-refractivity contribution in [1.82, 2.24) is 10.2 Å². The molecule has 1 aliphatic heterocycles. The highest BCUT2D eigenvalue weighted by Crippen LogP contribution is 2.23. The van der Waals surface area contributed by atoms with E-state index in [0.29, 0.717) is 0 Å². The summed E-state index contributed by atoms with van der Waals surface area (Å²) in [5.41, 5.74) is 1.04. The zero-order valence-electron chi connectivity index (χ0n) is 13.9. The zero-order chi connectivity index (χ0) is 17.0. The summed E-state index contributed by atoms with van der Waals surface area (Å²) in [5, 5.41) is 17.3. The summed E-state index contributed by atoms with van der Waals surface area (Å²) in [6, 6.07) is 12.0. The van der Waals surface area contributed by atoms with E-state index in [0.717, 1.165) is 31.5 Å². The quantitative estimate of drug-likeness (QED) is 0.847. The fourth-order valence-electron chi connectivity index (χ4n) is 3.18. The first-order valence-electron chi connectivity index (χ1n) is 8.37. The van der Waals surface area contributed by atoms with E-state index in [9.17, 15) is 9.90 Å². The molecule has 3 rings (SSSR count). The van der Waals surface area contributed by atoms with Gasteiger partial charge in [0.2, 0.25) is 5.91 Å². The third-order valence-corrected chi connectivity index (χ3v) is 5.33. The number of hydrogen-bond donors (Lipinski definition) is 2. The van der Waals surface area contributed by atoms with Gasteiger partial charge in [-0.2, -0.15) is 11.3 Å². The lowest BCUT2D eigenvalue weighted by molar-refractivity contribution is -0.126. The number of amides is 1. The number of carbonyl (C=O) groups is 1. The highest BCUT2D eigenvalue weighted by atomic mass is 32.1. The number of nitrogens with one attached hydrogen (secondary N) is 1. The molecule has 1 aromatic heterocycles. The molecular weight excluding hydrogens is 320 g/mol. The third kappa shape index (κ3) is 4.04. The molecule has 2 N–H and O–H groups in total. The minimum absolute atomic E-state index is 0.0129.